The minimum Gasteiger partial charge on any atom is -0.478 e. The van der Waals surface area contributed by atoms with Gasteiger partial charge < -0.3 is 19.7 Å². The largest absolute Gasteiger partial charge is 0.478 e. The highest BCUT2D eigenvalue weighted by atomic mass is 16.7. The number of ether oxygens (including phenoxy) is 2. The van der Waals surface area contributed by atoms with Gasteiger partial charge in [-0.25, -0.2) is 4.79 Å². The summed E-state index contributed by atoms with van der Waals surface area (Å²) in [6.07, 6.45) is 4.35. The van der Waals surface area contributed by atoms with Gasteiger partial charge in [0.05, 0.1) is 6.10 Å². The maximum atomic E-state index is 10.7. The summed E-state index contributed by atoms with van der Waals surface area (Å²) < 4.78 is 10.4. The van der Waals surface area contributed by atoms with Crippen molar-refractivity contribution >= 4 is 12.0 Å². The highest BCUT2D eigenvalue weighted by molar-refractivity contribution is 5.85. The van der Waals surface area contributed by atoms with Crippen molar-refractivity contribution in [1.82, 2.24) is 0 Å². The van der Waals surface area contributed by atoms with Crippen LogP contribution in [0.5, 0.6) is 5.75 Å². The molecule has 5 nitrogen and oxygen atoms in total. The molecule has 21 heavy (non-hydrogen) atoms. The number of rotatable bonds is 9. The van der Waals surface area contributed by atoms with Gasteiger partial charge in [0.15, 0.2) is 6.79 Å². The predicted octanol–water partition coefficient (Wildman–Crippen LogP) is 2.25. The zero-order chi connectivity index (χ0) is 15.7. The monoisotopic (exact) mass is 292 g/mol. The smallest absolute Gasteiger partial charge is 0.328 e. The average molecular weight is 292 g/mol. The Hall–Kier alpha value is -2.11. The number of carbonyl (C=O) groups is 1. The Morgan fingerprint density at radius 3 is 2.86 bits per heavy atom. The average Bonchev–Trinajstić information content (AvgIpc) is 2.44. The number of hydrogen-bond donors (Lipinski definition) is 2. The topological polar surface area (TPSA) is 76.0 Å². The van der Waals surface area contributed by atoms with Crippen LogP contribution in [0.4, 0.5) is 0 Å². The van der Waals surface area contributed by atoms with Crippen LogP contribution in [0.2, 0.25) is 0 Å². The standard InChI is InChI=1S/C16H20O5/c1-3-5-13(17)10-14-12(8-9-16(18)19)6-4-7-15(14)21-11-20-2/h3-4,6-9,13,17H,1,5,10-11H2,2H3,(H,18,19)/t13-/m0/s1. The maximum Gasteiger partial charge on any atom is 0.328 e. The first-order valence-corrected chi connectivity index (χ1v) is 6.52. The lowest BCUT2D eigenvalue weighted by Crippen LogP contribution is -2.12. The molecule has 0 amide bonds. The lowest BCUT2D eigenvalue weighted by molar-refractivity contribution is -0.131. The molecule has 1 rings (SSSR count). The maximum absolute atomic E-state index is 10.7. The van der Waals surface area contributed by atoms with Gasteiger partial charge in [-0.15, -0.1) is 6.58 Å². The van der Waals surface area contributed by atoms with Crippen LogP contribution in [0.25, 0.3) is 6.08 Å². The van der Waals surface area contributed by atoms with Crippen molar-refractivity contribution in [2.75, 3.05) is 13.9 Å². The second-order valence-electron chi connectivity index (χ2n) is 4.43. The molecule has 1 aromatic carbocycles. The molecule has 0 heterocycles. The third-order valence-electron chi connectivity index (χ3n) is 2.79. The van der Waals surface area contributed by atoms with Gasteiger partial charge in [0, 0.05) is 25.2 Å². The molecule has 1 aromatic rings. The summed E-state index contributed by atoms with van der Waals surface area (Å²) in [5, 5.41) is 18.7. The molecule has 0 spiro atoms. The van der Waals surface area contributed by atoms with Crippen molar-refractivity contribution in [3.8, 4) is 5.75 Å². The summed E-state index contributed by atoms with van der Waals surface area (Å²) in [4.78, 5) is 10.7. The third-order valence-corrected chi connectivity index (χ3v) is 2.79. The number of carboxylic acid groups (broad SMARTS) is 1. The van der Waals surface area contributed by atoms with E-state index in [4.69, 9.17) is 14.6 Å². The molecule has 0 aliphatic heterocycles. The van der Waals surface area contributed by atoms with E-state index in [9.17, 15) is 9.90 Å². The number of aliphatic carboxylic acids is 1. The second kappa shape index (κ2) is 8.94. The lowest BCUT2D eigenvalue weighted by Gasteiger charge is -2.16. The fourth-order valence-electron chi connectivity index (χ4n) is 1.89. The fourth-order valence-corrected chi connectivity index (χ4v) is 1.89. The first-order chi connectivity index (χ1) is 10.1. The van der Waals surface area contributed by atoms with E-state index in [1.807, 2.05) is 0 Å². The Kier molecular flexibility index (Phi) is 7.21. The zero-order valence-electron chi connectivity index (χ0n) is 12.0. The summed E-state index contributed by atoms with van der Waals surface area (Å²) in [5.41, 5.74) is 1.43. The van der Waals surface area contributed by atoms with Crippen molar-refractivity contribution in [1.29, 1.82) is 0 Å². The van der Waals surface area contributed by atoms with E-state index in [-0.39, 0.29) is 6.79 Å². The quantitative estimate of drug-likeness (QED) is 0.415. The van der Waals surface area contributed by atoms with Gasteiger partial charge in [0.2, 0.25) is 0 Å². The Labute approximate surface area is 124 Å². The van der Waals surface area contributed by atoms with E-state index < -0.39 is 12.1 Å². The highest BCUT2D eigenvalue weighted by Gasteiger charge is 2.13. The van der Waals surface area contributed by atoms with Gasteiger partial charge in [-0.2, -0.15) is 0 Å². The summed E-state index contributed by atoms with van der Waals surface area (Å²) in [6, 6.07) is 5.29. The number of methoxy groups -OCH3 is 1. The number of aliphatic hydroxyl groups is 1. The van der Waals surface area contributed by atoms with Crippen molar-refractivity contribution in [2.45, 2.75) is 18.9 Å². The van der Waals surface area contributed by atoms with Crippen molar-refractivity contribution in [2.24, 2.45) is 0 Å². The molecule has 0 saturated carbocycles. The van der Waals surface area contributed by atoms with Crippen LogP contribution in [-0.4, -0.2) is 36.2 Å². The molecule has 0 bridgehead atoms. The molecule has 0 aliphatic carbocycles. The van der Waals surface area contributed by atoms with Gasteiger partial charge >= 0.3 is 5.97 Å². The van der Waals surface area contributed by atoms with Crippen LogP contribution in [0.15, 0.2) is 36.9 Å². The summed E-state index contributed by atoms with van der Waals surface area (Å²) in [7, 11) is 1.51. The van der Waals surface area contributed by atoms with Gasteiger partial charge in [0.1, 0.15) is 5.75 Å². The lowest BCUT2D eigenvalue weighted by atomic mass is 9.98. The summed E-state index contributed by atoms with van der Waals surface area (Å²) in [6.45, 7) is 3.67. The number of hydrogen-bond acceptors (Lipinski definition) is 4. The Bertz CT molecular complexity index is 507. The van der Waals surface area contributed by atoms with E-state index in [2.05, 4.69) is 6.58 Å². The van der Waals surface area contributed by atoms with Crippen LogP contribution in [0.3, 0.4) is 0 Å². The van der Waals surface area contributed by atoms with Crippen LogP contribution < -0.4 is 4.74 Å². The van der Waals surface area contributed by atoms with E-state index in [1.54, 1.807) is 24.3 Å². The number of aliphatic hydroxyl groups excluding tert-OH is 1. The molecule has 0 saturated heterocycles. The minimum atomic E-state index is -1.03. The van der Waals surface area contributed by atoms with Crippen molar-refractivity contribution in [3.63, 3.8) is 0 Å². The summed E-state index contributed by atoms with van der Waals surface area (Å²) in [5.74, 6) is -0.469. The predicted molar refractivity (Wildman–Crippen MR) is 80.1 cm³/mol. The highest BCUT2D eigenvalue weighted by Crippen LogP contribution is 2.26. The van der Waals surface area contributed by atoms with Crippen LogP contribution >= 0.6 is 0 Å². The fraction of sp³-hybridized carbons (Fsp3) is 0.312. The molecule has 5 heteroatoms. The van der Waals surface area contributed by atoms with E-state index in [0.717, 1.165) is 11.6 Å². The van der Waals surface area contributed by atoms with Gasteiger partial charge in [-0.1, -0.05) is 18.2 Å². The molecule has 0 aromatic heterocycles. The van der Waals surface area contributed by atoms with E-state index >= 15 is 0 Å². The van der Waals surface area contributed by atoms with Crippen LogP contribution in [-0.2, 0) is 16.0 Å². The van der Waals surface area contributed by atoms with E-state index in [1.165, 1.54) is 13.2 Å². The molecule has 0 fully saturated rings. The molecule has 0 radical (unpaired) electrons. The van der Waals surface area contributed by atoms with Gasteiger partial charge in [0.25, 0.3) is 0 Å². The molecule has 0 unspecified atom stereocenters. The molecule has 2 N–H and O–H groups in total. The van der Waals surface area contributed by atoms with Crippen LogP contribution in [0, 0.1) is 0 Å². The number of carboxylic acids is 1. The first-order valence-electron chi connectivity index (χ1n) is 6.52. The van der Waals surface area contributed by atoms with Gasteiger partial charge in [-0.3, -0.25) is 0 Å². The summed E-state index contributed by atoms with van der Waals surface area (Å²) >= 11 is 0. The molecule has 114 valence electrons. The Morgan fingerprint density at radius 2 is 2.24 bits per heavy atom. The normalized spacial score (nSPS) is 12.3. The van der Waals surface area contributed by atoms with Gasteiger partial charge in [-0.05, 0) is 24.1 Å². The van der Waals surface area contributed by atoms with Crippen molar-refractivity contribution < 1.29 is 24.5 Å². The molecular weight excluding hydrogens is 272 g/mol. The molecule has 1 atom stereocenters. The zero-order valence-corrected chi connectivity index (χ0v) is 12.0. The molecular formula is C16H20O5. The van der Waals surface area contributed by atoms with E-state index in [0.29, 0.717) is 24.2 Å². The second-order valence-corrected chi connectivity index (χ2v) is 4.43. The Morgan fingerprint density at radius 1 is 1.48 bits per heavy atom. The van der Waals surface area contributed by atoms with Crippen molar-refractivity contribution in [3.05, 3.63) is 48.1 Å². The molecule has 0 aliphatic rings. The first kappa shape index (κ1) is 16.9. The van der Waals surface area contributed by atoms with Crippen LogP contribution in [0.1, 0.15) is 17.5 Å². The SMILES string of the molecule is C=CC[C@H](O)Cc1c(C=CC(=O)O)cccc1OCOC. The minimum absolute atomic E-state index is 0.0800. The third kappa shape index (κ3) is 5.81. The number of benzene rings is 1. The Balaban J connectivity index is 3.09.